The van der Waals surface area contributed by atoms with Gasteiger partial charge < -0.3 is 19.2 Å². The SMILES string of the molecule is CC(C)CN(C(=O)C=Cc1ccoc1)[C@@H]1CC[C@H]2[C@H]3Cc4c(O)ccc5c4[C@@]2(CCN3CC2CC2)[C@@H]1O5. The number of hydrogen-bond acceptors (Lipinski definition) is 5. The molecule has 3 fully saturated rings. The van der Waals surface area contributed by atoms with Crippen LogP contribution in [-0.2, 0) is 16.6 Å². The number of hydrogen-bond donors (Lipinski definition) is 1. The van der Waals surface area contributed by atoms with Crippen LogP contribution in [0.5, 0.6) is 11.5 Å². The maximum Gasteiger partial charge on any atom is 0.246 e. The fourth-order valence-electron chi connectivity index (χ4n) is 8.20. The van der Waals surface area contributed by atoms with Gasteiger partial charge >= 0.3 is 0 Å². The van der Waals surface area contributed by atoms with Crippen LogP contribution in [0.1, 0.15) is 62.6 Å². The van der Waals surface area contributed by atoms with Crippen LogP contribution in [0, 0.1) is 17.8 Å². The summed E-state index contributed by atoms with van der Waals surface area (Å²) in [6, 6.07) is 6.12. The van der Waals surface area contributed by atoms with Crippen LogP contribution < -0.4 is 4.74 Å². The molecule has 1 saturated heterocycles. The Labute approximate surface area is 219 Å². The summed E-state index contributed by atoms with van der Waals surface area (Å²) in [5.41, 5.74) is 3.13. The lowest BCUT2D eigenvalue weighted by Gasteiger charge is -2.60. The van der Waals surface area contributed by atoms with Crippen LogP contribution in [-0.4, -0.2) is 58.6 Å². The van der Waals surface area contributed by atoms with Crippen molar-refractivity contribution in [2.45, 2.75) is 76.0 Å². The van der Waals surface area contributed by atoms with Gasteiger partial charge in [-0.05, 0) is 87.1 Å². The van der Waals surface area contributed by atoms with Gasteiger partial charge in [0.05, 0.1) is 18.6 Å². The van der Waals surface area contributed by atoms with E-state index >= 15 is 0 Å². The lowest BCUT2D eigenvalue weighted by atomic mass is 9.50. The van der Waals surface area contributed by atoms with Gasteiger partial charge in [0.25, 0.3) is 0 Å². The summed E-state index contributed by atoms with van der Waals surface area (Å²) in [7, 11) is 0. The van der Waals surface area contributed by atoms with Crippen molar-refractivity contribution in [3.8, 4) is 11.5 Å². The maximum absolute atomic E-state index is 13.7. The van der Waals surface area contributed by atoms with Crippen LogP contribution in [0.25, 0.3) is 6.08 Å². The van der Waals surface area contributed by atoms with E-state index in [-0.39, 0.29) is 23.5 Å². The average Bonchev–Trinajstić information content (AvgIpc) is 3.41. The van der Waals surface area contributed by atoms with Crippen LogP contribution in [0.15, 0.2) is 41.2 Å². The van der Waals surface area contributed by atoms with Gasteiger partial charge in [0, 0.05) is 47.3 Å². The van der Waals surface area contributed by atoms with E-state index < -0.39 is 0 Å². The van der Waals surface area contributed by atoms with E-state index in [2.05, 4.69) is 23.6 Å². The van der Waals surface area contributed by atoms with Crippen molar-refractivity contribution in [2.24, 2.45) is 17.8 Å². The highest BCUT2D eigenvalue weighted by Gasteiger charge is 2.66. The van der Waals surface area contributed by atoms with Gasteiger partial charge in [-0.25, -0.2) is 0 Å². The monoisotopic (exact) mass is 502 g/mol. The molecule has 2 saturated carbocycles. The van der Waals surface area contributed by atoms with E-state index in [1.807, 2.05) is 24.3 Å². The topological polar surface area (TPSA) is 66.2 Å². The molecular formula is C31H38N2O4. The maximum atomic E-state index is 13.7. The van der Waals surface area contributed by atoms with Crippen molar-refractivity contribution >= 4 is 12.0 Å². The van der Waals surface area contributed by atoms with Gasteiger partial charge in [0.1, 0.15) is 17.6 Å². The van der Waals surface area contributed by atoms with E-state index in [0.29, 0.717) is 30.2 Å². The normalized spacial score (nSPS) is 32.0. The molecule has 1 aromatic carbocycles. The van der Waals surface area contributed by atoms with E-state index in [1.165, 1.54) is 24.9 Å². The zero-order valence-corrected chi connectivity index (χ0v) is 21.9. The molecular weight excluding hydrogens is 464 g/mol. The first-order chi connectivity index (χ1) is 18.0. The average molecular weight is 503 g/mol. The van der Waals surface area contributed by atoms with Gasteiger partial charge in [-0.2, -0.15) is 0 Å². The summed E-state index contributed by atoms with van der Waals surface area (Å²) in [5, 5.41) is 11.0. The first-order valence-electron chi connectivity index (χ1n) is 14.2. The Morgan fingerprint density at radius 3 is 2.86 bits per heavy atom. The van der Waals surface area contributed by atoms with Crippen molar-refractivity contribution in [2.75, 3.05) is 19.6 Å². The highest BCUT2D eigenvalue weighted by Crippen LogP contribution is 2.64. The summed E-state index contributed by atoms with van der Waals surface area (Å²) in [6.07, 6.45) is 13.5. The Morgan fingerprint density at radius 1 is 1.24 bits per heavy atom. The van der Waals surface area contributed by atoms with Crippen LogP contribution in [0.4, 0.5) is 0 Å². The van der Waals surface area contributed by atoms with E-state index in [4.69, 9.17) is 9.15 Å². The van der Waals surface area contributed by atoms with Crippen molar-refractivity contribution in [3.05, 3.63) is 53.5 Å². The predicted octanol–water partition coefficient (Wildman–Crippen LogP) is 5.00. The van der Waals surface area contributed by atoms with E-state index in [1.54, 1.807) is 18.6 Å². The zero-order valence-electron chi connectivity index (χ0n) is 21.9. The third-order valence-corrected chi connectivity index (χ3v) is 9.82. The molecule has 0 radical (unpaired) electrons. The number of likely N-dealkylation sites (tertiary alicyclic amines) is 1. The minimum Gasteiger partial charge on any atom is -0.508 e. The number of aromatic hydroxyl groups is 1. The van der Waals surface area contributed by atoms with Gasteiger partial charge in [-0.1, -0.05) is 13.8 Å². The van der Waals surface area contributed by atoms with E-state index in [0.717, 1.165) is 55.0 Å². The second-order valence-electron chi connectivity index (χ2n) is 12.5. The molecule has 2 bridgehead atoms. The van der Waals surface area contributed by atoms with Crippen LogP contribution in [0.2, 0.25) is 0 Å². The number of carbonyl (C=O) groups excluding carboxylic acids is 1. The molecule has 5 atom stereocenters. The molecule has 2 aliphatic heterocycles. The molecule has 5 aliphatic rings. The third-order valence-electron chi connectivity index (χ3n) is 9.82. The van der Waals surface area contributed by atoms with Gasteiger partial charge in [-0.3, -0.25) is 9.69 Å². The van der Waals surface area contributed by atoms with Crippen molar-refractivity contribution in [1.82, 2.24) is 9.80 Å². The smallest absolute Gasteiger partial charge is 0.246 e. The minimum atomic E-state index is -0.126. The number of benzene rings is 1. The van der Waals surface area contributed by atoms with Crippen molar-refractivity contribution in [3.63, 3.8) is 0 Å². The molecule has 7 rings (SSSR count). The Balaban J connectivity index is 1.27. The fourth-order valence-corrected chi connectivity index (χ4v) is 8.20. The molecule has 3 aliphatic carbocycles. The van der Waals surface area contributed by atoms with Crippen molar-refractivity contribution in [1.29, 1.82) is 0 Å². The zero-order chi connectivity index (χ0) is 25.3. The summed E-state index contributed by atoms with van der Waals surface area (Å²) in [5.74, 6) is 3.10. The predicted molar refractivity (Wildman–Crippen MR) is 141 cm³/mol. The highest BCUT2D eigenvalue weighted by molar-refractivity contribution is 5.92. The van der Waals surface area contributed by atoms with Gasteiger partial charge in [0.2, 0.25) is 5.91 Å². The second kappa shape index (κ2) is 8.65. The summed E-state index contributed by atoms with van der Waals surface area (Å²) < 4.78 is 12.1. The molecule has 196 valence electrons. The number of amides is 1. The summed E-state index contributed by atoms with van der Waals surface area (Å²) in [6.45, 7) is 7.33. The molecule has 2 aromatic rings. The molecule has 3 heterocycles. The Bertz CT molecular complexity index is 1220. The third kappa shape index (κ3) is 3.66. The largest absolute Gasteiger partial charge is 0.508 e. The summed E-state index contributed by atoms with van der Waals surface area (Å²) in [4.78, 5) is 18.5. The minimum absolute atomic E-state index is 0.0104. The quantitative estimate of drug-likeness (QED) is 0.540. The van der Waals surface area contributed by atoms with Crippen LogP contribution >= 0.6 is 0 Å². The standard InChI is InChI=1S/C31H38N2O4/c1-19(2)16-33(28(35)10-5-21-11-14-36-18-21)24-7-6-23-25-15-22-26(34)8-9-27-29(22)31(23,30(24)37-27)12-13-32(25)17-20-3-4-20/h5,8-11,14,18-20,23-25,30,34H,3-4,6-7,12-13,15-17H2,1-2H3/t23-,24+,25+,30+,31-/m0/s1. The second-order valence-corrected chi connectivity index (χ2v) is 12.5. The number of carbonyl (C=O) groups is 1. The Kier molecular flexibility index (Phi) is 5.47. The lowest BCUT2D eigenvalue weighted by Crippen LogP contribution is -2.69. The molecule has 0 unspecified atom stereocenters. The molecule has 6 heteroatoms. The number of piperidine rings is 1. The first kappa shape index (κ1) is 23.4. The number of phenols is 1. The fraction of sp³-hybridized carbons (Fsp3) is 0.581. The number of furan rings is 1. The molecule has 1 spiro atoms. The van der Waals surface area contributed by atoms with Crippen LogP contribution in [0.3, 0.4) is 0 Å². The Hall–Kier alpha value is -2.73. The number of phenolic OH excluding ortho intramolecular Hbond substituents is 1. The van der Waals surface area contributed by atoms with Crippen molar-refractivity contribution < 1.29 is 19.1 Å². The lowest BCUT2D eigenvalue weighted by molar-refractivity contribution is -0.138. The van der Waals surface area contributed by atoms with Gasteiger partial charge in [-0.15, -0.1) is 0 Å². The molecule has 37 heavy (non-hydrogen) atoms. The number of nitrogens with zero attached hydrogens (tertiary/aromatic N) is 2. The first-order valence-corrected chi connectivity index (χ1v) is 14.2. The highest BCUT2D eigenvalue weighted by atomic mass is 16.5. The Morgan fingerprint density at radius 2 is 2.11 bits per heavy atom. The van der Waals surface area contributed by atoms with E-state index in [9.17, 15) is 9.90 Å². The van der Waals surface area contributed by atoms with Gasteiger partial charge in [0.15, 0.2) is 0 Å². The molecule has 1 N–H and O–H groups in total. The molecule has 1 amide bonds. The number of ether oxygens (including phenoxy) is 1. The molecule has 1 aromatic heterocycles. The summed E-state index contributed by atoms with van der Waals surface area (Å²) >= 11 is 0. The molecule has 6 nitrogen and oxygen atoms in total. The number of rotatable bonds is 7.